The maximum atomic E-state index is 13.2. The van der Waals surface area contributed by atoms with Crippen molar-refractivity contribution in [3.05, 3.63) is 75.5 Å². The Morgan fingerprint density at radius 1 is 0.968 bits per heavy atom. The lowest BCUT2D eigenvalue weighted by Crippen LogP contribution is -2.58. The lowest BCUT2D eigenvalue weighted by Gasteiger charge is -2.37. The van der Waals surface area contributed by atoms with Gasteiger partial charge in [0.05, 0.1) is 4.92 Å². The second-order valence-corrected chi connectivity index (χ2v) is 7.59. The van der Waals surface area contributed by atoms with Gasteiger partial charge in [-0.05, 0) is 24.1 Å². The van der Waals surface area contributed by atoms with Crippen LogP contribution in [0, 0.1) is 23.0 Å². The maximum Gasteiger partial charge on any atom is 0.332 e. The first-order valence-electron chi connectivity index (χ1n) is 9.63. The number of aromatic amines is 1. The second-order valence-electron chi connectivity index (χ2n) is 7.59. The number of hydrogen-bond donors (Lipinski definition) is 1. The number of H-pyrrole nitrogens is 1. The molecule has 0 spiro atoms. The Kier molecular flexibility index (Phi) is 4.81. The van der Waals surface area contributed by atoms with E-state index in [1.807, 2.05) is 31.2 Å². The molecule has 1 N–H and O–H groups in total. The molecule has 31 heavy (non-hydrogen) atoms. The Bertz CT molecular complexity index is 1210. The zero-order valence-electron chi connectivity index (χ0n) is 17.2. The van der Waals surface area contributed by atoms with E-state index in [0.717, 1.165) is 32.0 Å². The molecule has 0 bridgehead atoms. The highest BCUT2D eigenvalue weighted by molar-refractivity contribution is 6.16. The number of rotatable bonds is 4. The first-order chi connectivity index (χ1) is 14.7. The monoisotopic (exact) mass is 420 g/mol. The molecule has 1 atom stereocenters. The van der Waals surface area contributed by atoms with Gasteiger partial charge in [0.1, 0.15) is 5.92 Å². The third kappa shape index (κ3) is 3.14. The number of nitro groups is 1. The molecule has 1 aliphatic rings. The summed E-state index contributed by atoms with van der Waals surface area (Å²) in [5.74, 6) is -3.15. The minimum Gasteiger partial charge on any atom is -0.358 e. The number of hydrogen-bond acceptors (Lipinski definition) is 5. The van der Waals surface area contributed by atoms with Crippen molar-refractivity contribution < 1.29 is 19.3 Å². The van der Waals surface area contributed by atoms with E-state index >= 15 is 0 Å². The predicted octanol–water partition coefficient (Wildman–Crippen LogP) is 3.18. The molecule has 0 aliphatic carbocycles. The van der Waals surface area contributed by atoms with Gasteiger partial charge in [0, 0.05) is 48.7 Å². The molecule has 1 aromatic heterocycles. The van der Waals surface area contributed by atoms with Crippen molar-refractivity contribution in [3.63, 3.8) is 0 Å². The van der Waals surface area contributed by atoms with E-state index in [1.54, 1.807) is 12.1 Å². The van der Waals surface area contributed by atoms with Crippen molar-refractivity contribution in [2.24, 2.45) is 5.92 Å². The highest BCUT2D eigenvalue weighted by Crippen LogP contribution is 2.41. The number of barbiturate groups is 1. The molecular formula is C22H20N4O5. The first kappa shape index (κ1) is 20.3. The van der Waals surface area contributed by atoms with Crippen LogP contribution in [0.5, 0.6) is 0 Å². The van der Waals surface area contributed by atoms with E-state index < -0.39 is 34.6 Å². The Balaban J connectivity index is 1.96. The van der Waals surface area contributed by atoms with Crippen LogP contribution in [-0.2, 0) is 9.59 Å². The van der Waals surface area contributed by atoms with Crippen molar-refractivity contribution in [3.8, 4) is 0 Å². The van der Waals surface area contributed by atoms with E-state index in [9.17, 15) is 24.5 Å². The number of nitro benzene ring substituents is 1. The quantitative estimate of drug-likeness (QED) is 0.395. The van der Waals surface area contributed by atoms with Crippen LogP contribution in [-0.4, -0.2) is 51.6 Å². The van der Waals surface area contributed by atoms with Crippen molar-refractivity contribution >= 4 is 34.4 Å². The number of imide groups is 2. The molecule has 2 heterocycles. The highest BCUT2D eigenvalue weighted by Gasteiger charge is 2.48. The molecule has 0 saturated carbocycles. The smallest absolute Gasteiger partial charge is 0.332 e. The molecule has 2 aromatic carbocycles. The Morgan fingerprint density at radius 2 is 1.55 bits per heavy atom. The Hall–Kier alpha value is -4.01. The number of urea groups is 1. The average molecular weight is 420 g/mol. The SMILES string of the molecule is Cc1[nH]c2ccccc2c1C(c1ccc([N+](=O)[O-])cc1)C1C(=O)N(C)C(=O)N(C)C1=O. The molecule has 3 aromatic rings. The Labute approximate surface area is 177 Å². The first-order valence-corrected chi connectivity index (χ1v) is 9.63. The minimum atomic E-state index is -1.19. The normalized spacial score (nSPS) is 16.3. The molecule has 158 valence electrons. The zero-order chi connectivity index (χ0) is 22.4. The second kappa shape index (κ2) is 7.35. The van der Waals surface area contributed by atoms with Crippen molar-refractivity contribution in [1.82, 2.24) is 14.8 Å². The molecule has 4 rings (SSSR count). The van der Waals surface area contributed by atoms with E-state index in [0.29, 0.717) is 5.56 Å². The number of carbonyl (C=O) groups excluding carboxylic acids is 3. The highest BCUT2D eigenvalue weighted by atomic mass is 16.6. The van der Waals surface area contributed by atoms with E-state index in [2.05, 4.69) is 4.98 Å². The number of aryl methyl sites for hydroxylation is 1. The van der Waals surface area contributed by atoms with Gasteiger partial charge in [0.25, 0.3) is 5.69 Å². The number of nitrogens with zero attached hydrogens (tertiary/aromatic N) is 3. The van der Waals surface area contributed by atoms with Gasteiger partial charge >= 0.3 is 6.03 Å². The fraction of sp³-hybridized carbons (Fsp3) is 0.227. The van der Waals surface area contributed by atoms with Crippen molar-refractivity contribution in [2.45, 2.75) is 12.8 Å². The summed E-state index contributed by atoms with van der Waals surface area (Å²) in [4.78, 5) is 54.4. The molecule has 1 aliphatic heterocycles. The molecule has 1 fully saturated rings. The molecule has 1 unspecified atom stereocenters. The lowest BCUT2D eigenvalue weighted by molar-refractivity contribution is -0.384. The summed E-state index contributed by atoms with van der Waals surface area (Å²) in [6, 6.07) is 12.6. The van der Waals surface area contributed by atoms with Gasteiger partial charge in [-0.25, -0.2) is 4.79 Å². The van der Waals surface area contributed by atoms with Gasteiger partial charge in [-0.3, -0.25) is 29.5 Å². The van der Waals surface area contributed by atoms with Crippen LogP contribution in [0.2, 0.25) is 0 Å². The standard InChI is InChI=1S/C22H20N4O5/c1-12-17(15-6-4-5-7-16(15)23-12)18(13-8-10-14(11-9-13)26(30)31)19-20(27)24(2)22(29)25(3)21(19)28/h4-11,18-19,23H,1-3H3. The molecule has 0 radical (unpaired) electrons. The largest absolute Gasteiger partial charge is 0.358 e. The number of para-hydroxylation sites is 1. The predicted molar refractivity (Wildman–Crippen MR) is 112 cm³/mol. The summed E-state index contributed by atoms with van der Waals surface area (Å²) in [6.07, 6.45) is 0. The van der Waals surface area contributed by atoms with Crippen molar-refractivity contribution in [2.75, 3.05) is 14.1 Å². The average Bonchev–Trinajstić information content (AvgIpc) is 3.09. The van der Waals surface area contributed by atoms with Gasteiger partial charge in [-0.1, -0.05) is 30.3 Å². The van der Waals surface area contributed by atoms with Crippen LogP contribution in [0.1, 0.15) is 22.7 Å². The number of fused-ring (bicyclic) bond motifs is 1. The molecule has 9 heteroatoms. The summed E-state index contributed by atoms with van der Waals surface area (Å²) >= 11 is 0. The van der Waals surface area contributed by atoms with Crippen LogP contribution in [0.3, 0.4) is 0 Å². The number of non-ortho nitro benzene ring substituents is 1. The number of aromatic nitrogens is 1. The number of amides is 4. The van der Waals surface area contributed by atoms with Gasteiger partial charge in [-0.15, -0.1) is 0 Å². The van der Waals surface area contributed by atoms with E-state index in [-0.39, 0.29) is 5.69 Å². The molecule has 9 nitrogen and oxygen atoms in total. The maximum absolute atomic E-state index is 13.2. The van der Waals surface area contributed by atoms with Crippen LogP contribution in [0.4, 0.5) is 10.5 Å². The molecule has 1 saturated heterocycles. The number of benzene rings is 2. The van der Waals surface area contributed by atoms with Gasteiger partial charge in [0.2, 0.25) is 11.8 Å². The molecular weight excluding hydrogens is 400 g/mol. The number of nitrogens with one attached hydrogen (secondary N) is 1. The third-order valence-corrected chi connectivity index (χ3v) is 5.82. The Morgan fingerprint density at radius 3 is 2.13 bits per heavy atom. The van der Waals surface area contributed by atoms with Gasteiger partial charge < -0.3 is 4.98 Å². The van der Waals surface area contributed by atoms with E-state index in [1.165, 1.54) is 26.2 Å². The summed E-state index contributed by atoms with van der Waals surface area (Å²) in [5.41, 5.74) is 2.83. The van der Waals surface area contributed by atoms with Crippen LogP contribution in [0.15, 0.2) is 48.5 Å². The zero-order valence-corrected chi connectivity index (χ0v) is 17.2. The topological polar surface area (TPSA) is 117 Å². The fourth-order valence-electron chi connectivity index (χ4n) is 4.25. The van der Waals surface area contributed by atoms with Gasteiger partial charge in [-0.2, -0.15) is 0 Å². The summed E-state index contributed by atoms with van der Waals surface area (Å²) < 4.78 is 0. The molecule has 4 amide bonds. The van der Waals surface area contributed by atoms with Crippen LogP contribution >= 0.6 is 0 Å². The van der Waals surface area contributed by atoms with Crippen molar-refractivity contribution in [1.29, 1.82) is 0 Å². The summed E-state index contributed by atoms with van der Waals surface area (Å²) in [6.45, 7) is 1.85. The summed E-state index contributed by atoms with van der Waals surface area (Å²) in [5, 5.41) is 11.9. The van der Waals surface area contributed by atoms with E-state index in [4.69, 9.17) is 0 Å². The van der Waals surface area contributed by atoms with Crippen LogP contribution < -0.4 is 0 Å². The number of carbonyl (C=O) groups is 3. The van der Waals surface area contributed by atoms with Gasteiger partial charge in [0.15, 0.2) is 0 Å². The minimum absolute atomic E-state index is 0.0936. The van der Waals surface area contributed by atoms with Crippen LogP contribution in [0.25, 0.3) is 10.9 Å². The fourth-order valence-corrected chi connectivity index (χ4v) is 4.25. The lowest BCUT2D eigenvalue weighted by atomic mass is 9.77. The summed E-state index contributed by atoms with van der Waals surface area (Å²) in [7, 11) is 2.69. The third-order valence-electron chi connectivity index (χ3n) is 5.82.